The average Bonchev–Trinajstić information content (AvgIpc) is 2.88. The highest BCUT2D eigenvalue weighted by atomic mass is 16.1. The van der Waals surface area contributed by atoms with E-state index < -0.39 is 0 Å². The van der Waals surface area contributed by atoms with Crippen molar-refractivity contribution in [3.8, 4) is 11.1 Å². The summed E-state index contributed by atoms with van der Waals surface area (Å²) in [6.45, 7) is 16.4. The van der Waals surface area contributed by atoms with Crippen LogP contribution in [0.25, 0.3) is 11.1 Å². The molecule has 3 aromatic rings. The van der Waals surface area contributed by atoms with Crippen molar-refractivity contribution in [1.29, 1.82) is 0 Å². The lowest BCUT2D eigenvalue weighted by atomic mass is 9.87. The summed E-state index contributed by atoms with van der Waals surface area (Å²) in [5.41, 5.74) is 7.36. The second-order valence-corrected chi connectivity index (χ2v) is 10.1. The fourth-order valence-corrected chi connectivity index (χ4v) is 4.87. The summed E-state index contributed by atoms with van der Waals surface area (Å²) < 4.78 is 0. The Hall–Kier alpha value is -3.11. The van der Waals surface area contributed by atoms with Crippen molar-refractivity contribution in [2.45, 2.75) is 46.5 Å². The monoisotopic (exact) mass is 469 g/mol. The SMILES string of the molecule is CCN1CCN(c2ccc(NC(=O)c3cccc(C(C)C)c3-c3ccc(C(C)C)cc3)cc2)CC1. The molecule has 35 heavy (non-hydrogen) atoms. The number of hydrogen-bond acceptors (Lipinski definition) is 3. The molecule has 0 radical (unpaired) electrons. The van der Waals surface area contributed by atoms with Gasteiger partial charge < -0.3 is 15.1 Å². The predicted octanol–water partition coefficient (Wildman–Crippen LogP) is 6.99. The minimum Gasteiger partial charge on any atom is -0.369 e. The molecule has 1 amide bonds. The van der Waals surface area contributed by atoms with E-state index in [-0.39, 0.29) is 5.91 Å². The summed E-state index contributed by atoms with van der Waals surface area (Å²) in [7, 11) is 0. The molecule has 184 valence electrons. The largest absolute Gasteiger partial charge is 0.369 e. The van der Waals surface area contributed by atoms with Gasteiger partial charge in [0, 0.05) is 43.1 Å². The molecule has 1 fully saturated rings. The fraction of sp³-hybridized carbons (Fsp3) is 0.387. The third kappa shape index (κ3) is 5.76. The summed E-state index contributed by atoms with van der Waals surface area (Å²) >= 11 is 0. The number of likely N-dealkylation sites (N-methyl/N-ethyl adjacent to an activating group) is 1. The van der Waals surface area contributed by atoms with E-state index in [1.165, 1.54) is 16.8 Å². The van der Waals surface area contributed by atoms with Gasteiger partial charge in [0.25, 0.3) is 5.91 Å². The van der Waals surface area contributed by atoms with Crippen molar-refractivity contribution < 1.29 is 4.79 Å². The highest BCUT2D eigenvalue weighted by molar-refractivity contribution is 6.09. The van der Waals surface area contributed by atoms with Crippen LogP contribution in [0.15, 0.2) is 66.7 Å². The number of hydrogen-bond donors (Lipinski definition) is 1. The van der Waals surface area contributed by atoms with Crippen molar-refractivity contribution in [3.63, 3.8) is 0 Å². The lowest BCUT2D eigenvalue weighted by molar-refractivity contribution is 0.102. The van der Waals surface area contributed by atoms with Gasteiger partial charge in [-0.15, -0.1) is 0 Å². The molecule has 0 aromatic heterocycles. The van der Waals surface area contributed by atoms with E-state index in [1.807, 2.05) is 24.3 Å². The number of amides is 1. The van der Waals surface area contributed by atoms with Crippen LogP contribution in [0, 0.1) is 0 Å². The van der Waals surface area contributed by atoms with Gasteiger partial charge in [0.2, 0.25) is 0 Å². The molecule has 1 heterocycles. The zero-order valence-electron chi connectivity index (χ0n) is 21.8. The van der Waals surface area contributed by atoms with Gasteiger partial charge in [-0.25, -0.2) is 0 Å². The molecule has 1 aliphatic rings. The van der Waals surface area contributed by atoms with E-state index in [4.69, 9.17) is 0 Å². The molecule has 0 atom stereocenters. The molecule has 0 aliphatic carbocycles. The summed E-state index contributed by atoms with van der Waals surface area (Å²) in [6, 6.07) is 23.0. The van der Waals surface area contributed by atoms with Crippen LogP contribution in [0.1, 0.15) is 67.9 Å². The molecule has 0 bridgehead atoms. The first-order valence-corrected chi connectivity index (χ1v) is 13.0. The van der Waals surface area contributed by atoms with E-state index in [0.29, 0.717) is 17.4 Å². The van der Waals surface area contributed by atoms with Gasteiger partial charge in [-0.3, -0.25) is 4.79 Å². The second-order valence-electron chi connectivity index (χ2n) is 10.1. The number of anilines is 2. The van der Waals surface area contributed by atoms with Crippen molar-refractivity contribution in [2.24, 2.45) is 0 Å². The van der Waals surface area contributed by atoms with Crippen LogP contribution in [0.2, 0.25) is 0 Å². The van der Waals surface area contributed by atoms with Crippen LogP contribution in [0.5, 0.6) is 0 Å². The Morgan fingerprint density at radius 3 is 2.06 bits per heavy atom. The second kappa shape index (κ2) is 11.1. The summed E-state index contributed by atoms with van der Waals surface area (Å²) in [4.78, 5) is 18.4. The maximum absolute atomic E-state index is 13.5. The Kier molecular flexibility index (Phi) is 7.92. The number of carbonyl (C=O) groups is 1. The van der Waals surface area contributed by atoms with Crippen LogP contribution in [-0.2, 0) is 0 Å². The van der Waals surface area contributed by atoms with Crippen molar-refractivity contribution >= 4 is 17.3 Å². The molecule has 3 aromatic carbocycles. The highest BCUT2D eigenvalue weighted by Gasteiger charge is 2.19. The fourth-order valence-electron chi connectivity index (χ4n) is 4.87. The third-order valence-corrected chi connectivity index (χ3v) is 7.14. The van der Waals surface area contributed by atoms with Gasteiger partial charge in [-0.1, -0.05) is 71.0 Å². The summed E-state index contributed by atoms with van der Waals surface area (Å²) in [6.07, 6.45) is 0. The van der Waals surface area contributed by atoms with Gasteiger partial charge >= 0.3 is 0 Å². The zero-order valence-corrected chi connectivity index (χ0v) is 21.8. The molecule has 0 saturated carbocycles. The number of rotatable bonds is 7. The van der Waals surface area contributed by atoms with E-state index in [0.717, 1.165) is 49.5 Å². The highest BCUT2D eigenvalue weighted by Crippen LogP contribution is 2.34. The molecule has 4 nitrogen and oxygen atoms in total. The summed E-state index contributed by atoms with van der Waals surface area (Å²) in [5.74, 6) is 0.723. The molecule has 1 aliphatic heterocycles. The van der Waals surface area contributed by atoms with E-state index in [9.17, 15) is 4.79 Å². The zero-order chi connectivity index (χ0) is 24.9. The van der Waals surface area contributed by atoms with Crippen LogP contribution in [0.4, 0.5) is 11.4 Å². The Balaban J connectivity index is 1.56. The molecular formula is C31H39N3O. The molecule has 1 saturated heterocycles. The number of benzene rings is 3. The van der Waals surface area contributed by atoms with Crippen LogP contribution < -0.4 is 10.2 Å². The smallest absolute Gasteiger partial charge is 0.256 e. The Morgan fingerprint density at radius 2 is 1.49 bits per heavy atom. The van der Waals surface area contributed by atoms with Crippen LogP contribution in [-0.4, -0.2) is 43.5 Å². The van der Waals surface area contributed by atoms with Gasteiger partial charge in [0.1, 0.15) is 0 Å². The first-order valence-electron chi connectivity index (χ1n) is 13.0. The quantitative estimate of drug-likeness (QED) is 0.405. The molecular weight excluding hydrogens is 430 g/mol. The Bertz CT molecular complexity index is 1120. The summed E-state index contributed by atoms with van der Waals surface area (Å²) in [5, 5.41) is 3.14. The molecule has 1 N–H and O–H groups in total. The third-order valence-electron chi connectivity index (χ3n) is 7.14. The maximum atomic E-state index is 13.5. The number of carbonyl (C=O) groups excluding carboxylic acids is 1. The molecule has 0 spiro atoms. The molecule has 4 rings (SSSR count). The first kappa shape index (κ1) is 25.0. The predicted molar refractivity (Wildman–Crippen MR) is 149 cm³/mol. The van der Waals surface area contributed by atoms with Crippen molar-refractivity contribution in [1.82, 2.24) is 4.90 Å². The lowest BCUT2D eigenvalue weighted by Gasteiger charge is -2.35. The van der Waals surface area contributed by atoms with E-state index in [1.54, 1.807) is 0 Å². The van der Waals surface area contributed by atoms with E-state index in [2.05, 4.69) is 92.2 Å². The average molecular weight is 470 g/mol. The van der Waals surface area contributed by atoms with Gasteiger partial charge in [0.05, 0.1) is 0 Å². The number of nitrogens with one attached hydrogen (secondary N) is 1. The van der Waals surface area contributed by atoms with E-state index >= 15 is 0 Å². The first-order chi connectivity index (χ1) is 16.9. The number of piperazine rings is 1. The Morgan fingerprint density at radius 1 is 0.829 bits per heavy atom. The normalized spacial score (nSPS) is 14.5. The minimum absolute atomic E-state index is 0.0697. The van der Waals surface area contributed by atoms with Crippen LogP contribution in [0.3, 0.4) is 0 Å². The van der Waals surface area contributed by atoms with Crippen molar-refractivity contribution in [2.75, 3.05) is 42.9 Å². The standard InChI is InChI=1S/C31H39N3O/c1-6-33-18-20-34(21-19-33)27-16-14-26(15-17-27)32-31(35)29-9-7-8-28(23(4)5)30(29)25-12-10-24(11-13-25)22(2)3/h7-17,22-23H,6,18-21H2,1-5H3,(H,32,35). The molecule has 4 heteroatoms. The topological polar surface area (TPSA) is 35.6 Å². The van der Waals surface area contributed by atoms with Gasteiger partial charge in [-0.05, 0) is 71.0 Å². The maximum Gasteiger partial charge on any atom is 0.256 e. The van der Waals surface area contributed by atoms with Crippen LogP contribution >= 0.6 is 0 Å². The minimum atomic E-state index is -0.0697. The van der Waals surface area contributed by atoms with Gasteiger partial charge in [0.15, 0.2) is 0 Å². The van der Waals surface area contributed by atoms with Crippen molar-refractivity contribution in [3.05, 3.63) is 83.4 Å². The molecule has 0 unspecified atom stereocenters. The lowest BCUT2D eigenvalue weighted by Crippen LogP contribution is -2.46. The Labute approximate surface area is 211 Å². The van der Waals surface area contributed by atoms with Gasteiger partial charge in [-0.2, -0.15) is 0 Å². The number of nitrogens with zero attached hydrogens (tertiary/aromatic N) is 2.